The summed E-state index contributed by atoms with van der Waals surface area (Å²) in [6.07, 6.45) is -4.24. The highest BCUT2D eigenvalue weighted by molar-refractivity contribution is 5.98. The molecule has 0 spiro atoms. The SMILES string of the molecule is CC(C)C[C@H](NC(=O)[C@H](CCC(N)=O)NC(=O)[C@H](CO)NC(=O)[C@@H](NC(=O)CNC(=O)[C@@H](NC(=O)[C@@H](NC(=O)[C@@H](N)CCC(=O)O)[C@@H](C)O)C(C)C)C(C)C)C(=O)N[C@@H](CCC(=O)O)C(=O)O. The number of carbonyl (C=O) groups excluding carboxylic acids is 9. The third-order valence-electron chi connectivity index (χ3n) is 9.73. The van der Waals surface area contributed by atoms with Crippen LogP contribution in [0.3, 0.4) is 0 Å². The van der Waals surface area contributed by atoms with Crippen LogP contribution < -0.4 is 54.0 Å². The molecule has 0 heterocycles. The van der Waals surface area contributed by atoms with E-state index in [1.165, 1.54) is 34.6 Å². The number of hydrogen-bond donors (Lipinski definition) is 15. The van der Waals surface area contributed by atoms with Crippen LogP contribution in [0.4, 0.5) is 0 Å². The first-order valence-electron chi connectivity index (χ1n) is 21.4. The Morgan fingerprint density at radius 3 is 1.40 bits per heavy atom. The van der Waals surface area contributed by atoms with Gasteiger partial charge in [-0.1, -0.05) is 41.5 Å². The van der Waals surface area contributed by atoms with Gasteiger partial charge in [0, 0.05) is 19.3 Å². The van der Waals surface area contributed by atoms with Crippen LogP contribution in [0.2, 0.25) is 0 Å². The van der Waals surface area contributed by atoms with E-state index in [-0.39, 0.29) is 18.8 Å². The molecule has 0 aromatic rings. The fraction of sp³-hybridized carbons (Fsp3) is 0.700. The quantitative estimate of drug-likeness (QED) is 0.0299. The average Bonchev–Trinajstić information content (AvgIpc) is 3.22. The van der Waals surface area contributed by atoms with Gasteiger partial charge in [0.05, 0.1) is 25.3 Å². The minimum absolute atomic E-state index is 0.0589. The summed E-state index contributed by atoms with van der Waals surface area (Å²) in [6, 6.07) is -12.1. The highest BCUT2D eigenvalue weighted by Gasteiger charge is 2.35. The number of primary amides is 1. The Labute approximate surface area is 386 Å². The Balaban J connectivity index is 5.95. The van der Waals surface area contributed by atoms with Crippen LogP contribution in [0, 0.1) is 17.8 Å². The van der Waals surface area contributed by atoms with Crippen molar-refractivity contribution in [3.05, 3.63) is 0 Å². The number of aliphatic carboxylic acids is 3. The zero-order chi connectivity index (χ0) is 51.9. The van der Waals surface area contributed by atoms with Crippen molar-refractivity contribution < 1.29 is 83.1 Å². The molecule has 0 aliphatic carbocycles. The molecule has 0 saturated carbocycles. The summed E-state index contributed by atoms with van der Waals surface area (Å²) in [6.45, 7) is 8.82. The van der Waals surface area contributed by atoms with E-state index in [4.69, 9.17) is 21.7 Å². The lowest BCUT2D eigenvalue weighted by atomic mass is 10.0. The van der Waals surface area contributed by atoms with Gasteiger partial charge in [-0.3, -0.25) is 52.7 Å². The fourth-order valence-corrected chi connectivity index (χ4v) is 5.95. The maximum absolute atomic E-state index is 13.5. The van der Waals surface area contributed by atoms with Crippen LogP contribution in [-0.2, 0) is 57.5 Å². The molecule has 27 nitrogen and oxygen atoms in total. The molecule has 17 N–H and O–H groups in total. The molecule has 0 unspecified atom stereocenters. The van der Waals surface area contributed by atoms with E-state index in [1.807, 2.05) is 0 Å². The highest BCUT2D eigenvalue weighted by atomic mass is 16.4. The van der Waals surface area contributed by atoms with Crippen LogP contribution in [0.25, 0.3) is 0 Å². The minimum atomic E-state index is -1.78. The molecule has 380 valence electrons. The zero-order valence-electron chi connectivity index (χ0n) is 38.6. The second kappa shape index (κ2) is 29.9. The van der Waals surface area contributed by atoms with Gasteiger partial charge in [-0.25, -0.2) is 4.79 Å². The molecule has 0 radical (unpaired) electrons. The van der Waals surface area contributed by atoms with Crippen LogP contribution in [0.1, 0.15) is 93.4 Å². The summed E-state index contributed by atoms with van der Waals surface area (Å²) < 4.78 is 0. The van der Waals surface area contributed by atoms with Crippen molar-refractivity contribution in [3.8, 4) is 0 Å². The van der Waals surface area contributed by atoms with E-state index >= 15 is 0 Å². The Morgan fingerprint density at radius 1 is 0.493 bits per heavy atom. The number of hydrogen-bond acceptors (Lipinski definition) is 15. The Hall–Kier alpha value is -6.48. The van der Waals surface area contributed by atoms with Crippen molar-refractivity contribution in [1.82, 2.24) is 42.5 Å². The lowest BCUT2D eigenvalue weighted by Gasteiger charge is -2.28. The molecule has 0 aliphatic heterocycles. The molecule has 9 amide bonds. The summed E-state index contributed by atoms with van der Waals surface area (Å²) in [4.78, 5) is 151. The molecule has 0 bridgehead atoms. The van der Waals surface area contributed by atoms with E-state index in [2.05, 4.69) is 42.5 Å². The number of carbonyl (C=O) groups is 12. The van der Waals surface area contributed by atoms with Gasteiger partial charge < -0.3 is 79.5 Å². The van der Waals surface area contributed by atoms with Gasteiger partial charge in [0.2, 0.25) is 53.2 Å². The van der Waals surface area contributed by atoms with Gasteiger partial charge in [0.25, 0.3) is 0 Å². The minimum Gasteiger partial charge on any atom is -0.481 e. The number of aliphatic hydroxyl groups is 2. The van der Waals surface area contributed by atoms with Crippen molar-refractivity contribution in [1.29, 1.82) is 0 Å². The number of carboxylic acid groups (broad SMARTS) is 3. The smallest absolute Gasteiger partial charge is 0.326 e. The second-order valence-electron chi connectivity index (χ2n) is 16.8. The third-order valence-corrected chi connectivity index (χ3v) is 9.73. The monoisotopic (exact) mass is 960 g/mol. The van der Waals surface area contributed by atoms with E-state index in [1.54, 1.807) is 13.8 Å². The van der Waals surface area contributed by atoms with Crippen LogP contribution in [-0.4, -0.2) is 164 Å². The molecular formula is C40H68N10O17. The van der Waals surface area contributed by atoms with Crippen molar-refractivity contribution in [2.24, 2.45) is 29.2 Å². The van der Waals surface area contributed by atoms with E-state index in [9.17, 15) is 72.9 Å². The molecule has 0 saturated heterocycles. The lowest BCUT2D eigenvalue weighted by molar-refractivity contribution is -0.143. The Morgan fingerprint density at radius 2 is 0.925 bits per heavy atom. The standard InChI is InChI=1S/C40H68N10O17/c1-17(2)14-24(35(61)45-23(40(66)67)10-13-29(57)58)46-34(60)22(9-11-26(42)53)44-36(62)25(16-51)47-38(64)31(19(5)6)48-27(54)15-43-37(63)30(18(3)4)49-39(65)32(20(7)52)50-33(59)21(41)8-12-28(55)56/h17-25,30-32,51-52H,8-16,41H2,1-7H3,(H2,42,53)(H,43,63)(H,44,62)(H,45,61)(H,46,60)(H,47,64)(H,48,54)(H,49,65)(H,50,59)(H,55,56)(H,57,58)(H,66,67)/t20-,21+,22+,23+,24+,25+,30+,31+,32+/m1/s1. The van der Waals surface area contributed by atoms with Gasteiger partial charge in [-0.2, -0.15) is 0 Å². The predicted molar refractivity (Wildman–Crippen MR) is 232 cm³/mol. The van der Waals surface area contributed by atoms with Crippen LogP contribution >= 0.6 is 0 Å². The van der Waals surface area contributed by atoms with Gasteiger partial charge in [0.1, 0.15) is 42.3 Å². The molecular weight excluding hydrogens is 892 g/mol. The maximum Gasteiger partial charge on any atom is 0.326 e. The summed E-state index contributed by atoms with van der Waals surface area (Å²) >= 11 is 0. The number of amides is 9. The number of rotatable bonds is 32. The molecule has 0 rings (SSSR count). The Bertz CT molecular complexity index is 1780. The predicted octanol–water partition coefficient (Wildman–Crippen LogP) is -5.37. The third kappa shape index (κ3) is 23.5. The lowest BCUT2D eigenvalue weighted by Crippen LogP contribution is -2.61. The van der Waals surface area contributed by atoms with Crippen molar-refractivity contribution in [2.45, 2.75) is 148 Å². The topological polar surface area (TPSA) is 454 Å². The van der Waals surface area contributed by atoms with Crippen molar-refractivity contribution in [2.75, 3.05) is 13.2 Å². The van der Waals surface area contributed by atoms with E-state index in [0.717, 1.165) is 0 Å². The van der Waals surface area contributed by atoms with Crippen molar-refractivity contribution in [3.63, 3.8) is 0 Å². The Kier molecular flexibility index (Phi) is 27.0. The second-order valence-corrected chi connectivity index (χ2v) is 16.8. The van der Waals surface area contributed by atoms with E-state index in [0.29, 0.717) is 0 Å². The average molecular weight is 961 g/mol. The molecule has 0 aromatic heterocycles. The first kappa shape index (κ1) is 60.5. The molecule has 0 fully saturated rings. The highest BCUT2D eigenvalue weighted by Crippen LogP contribution is 2.10. The largest absolute Gasteiger partial charge is 0.481 e. The molecule has 0 aliphatic rings. The number of aliphatic hydroxyl groups excluding tert-OH is 2. The zero-order valence-corrected chi connectivity index (χ0v) is 38.6. The first-order valence-corrected chi connectivity index (χ1v) is 21.4. The molecule has 0 aromatic carbocycles. The van der Waals surface area contributed by atoms with Crippen LogP contribution in [0.5, 0.6) is 0 Å². The van der Waals surface area contributed by atoms with Gasteiger partial charge in [0.15, 0.2) is 0 Å². The molecule has 67 heavy (non-hydrogen) atoms. The number of nitrogens with two attached hydrogens (primary N) is 2. The van der Waals surface area contributed by atoms with Gasteiger partial charge in [-0.15, -0.1) is 0 Å². The van der Waals surface area contributed by atoms with Crippen molar-refractivity contribution >= 4 is 71.1 Å². The normalized spacial score (nSPS) is 15.2. The summed E-state index contributed by atoms with van der Waals surface area (Å²) in [5.74, 6) is -14.5. The summed E-state index contributed by atoms with van der Waals surface area (Å²) in [7, 11) is 0. The van der Waals surface area contributed by atoms with Crippen LogP contribution in [0.15, 0.2) is 0 Å². The summed E-state index contributed by atoms with van der Waals surface area (Å²) in [5, 5.41) is 66.0. The van der Waals surface area contributed by atoms with Gasteiger partial charge >= 0.3 is 17.9 Å². The molecule has 27 heteroatoms. The first-order chi connectivity index (χ1) is 31.0. The van der Waals surface area contributed by atoms with Gasteiger partial charge in [-0.05, 0) is 50.4 Å². The fourth-order valence-electron chi connectivity index (χ4n) is 5.95. The van der Waals surface area contributed by atoms with E-state index < -0.39 is 183 Å². The molecule has 9 atom stereocenters. The summed E-state index contributed by atoms with van der Waals surface area (Å²) in [5.41, 5.74) is 11.0. The number of carboxylic acids is 3. The maximum atomic E-state index is 13.5. The number of nitrogens with one attached hydrogen (secondary N) is 8.